The Morgan fingerprint density at radius 1 is 1.10 bits per heavy atom. The Kier molecular flexibility index (Phi) is 7.07. The summed E-state index contributed by atoms with van der Waals surface area (Å²) in [7, 11) is -3.44. The molecule has 0 spiro atoms. The number of carbonyl (C=O) groups excluding carboxylic acids is 1. The molecule has 1 saturated heterocycles. The maximum atomic E-state index is 12.5. The van der Waals surface area contributed by atoms with Gasteiger partial charge in [-0.25, -0.2) is 13.4 Å². The number of nitrogens with one attached hydrogen (secondary N) is 1. The van der Waals surface area contributed by atoms with Gasteiger partial charge in [0.15, 0.2) is 14.9 Å². The zero-order valence-electron chi connectivity index (χ0n) is 18.7. The van der Waals surface area contributed by atoms with E-state index in [-0.39, 0.29) is 10.9 Å². The molecule has 1 aliphatic heterocycles. The molecule has 1 amide bonds. The Morgan fingerprint density at radius 2 is 1.73 bits per heavy atom. The minimum atomic E-state index is -3.44. The van der Waals surface area contributed by atoms with Gasteiger partial charge < -0.3 is 10.2 Å². The predicted molar refractivity (Wildman–Crippen MR) is 119 cm³/mol. The van der Waals surface area contributed by atoms with Gasteiger partial charge in [-0.3, -0.25) is 9.69 Å². The molecule has 0 radical (unpaired) electrons. The molecule has 1 saturated carbocycles. The van der Waals surface area contributed by atoms with Crippen LogP contribution in [0.25, 0.3) is 0 Å². The van der Waals surface area contributed by atoms with E-state index < -0.39 is 14.6 Å². The Bertz CT molecular complexity index is 817. The lowest BCUT2D eigenvalue weighted by Crippen LogP contribution is -2.50. The minimum absolute atomic E-state index is 0.117. The van der Waals surface area contributed by atoms with Crippen molar-refractivity contribution in [1.82, 2.24) is 15.2 Å². The smallest absolute Gasteiger partial charge is 0.234 e. The van der Waals surface area contributed by atoms with Crippen molar-refractivity contribution in [3.05, 3.63) is 18.3 Å². The maximum Gasteiger partial charge on any atom is 0.234 e. The number of rotatable bonds is 5. The van der Waals surface area contributed by atoms with E-state index >= 15 is 0 Å². The average molecular weight is 437 g/mol. The van der Waals surface area contributed by atoms with E-state index in [0.717, 1.165) is 50.6 Å². The van der Waals surface area contributed by atoms with Crippen molar-refractivity contribution in [2.45, 2.75) is 69.2 Å². The summed E-state index contributed by atoms with van der Waals surface area (Å²) in [4.78, 5) is 21.0. The molecule has 7 nitrogen and oxygen atoms in total. The SMILES string of the molecule is CC1CCC(NC(=O)CN2CCN(c3ccc(S(=O)(=O)C(C)(C)C)nc3)CC2)CC1. The normalized spacial score (nSPS) is 23.9. The van der Waals surface area contributed by atoms with Gasteiger partial charge in [-0.05, 0) is 64.5 Å². The number of aromatic nitrogens is 1. The van der Waals surface area contributed by atoms with Crippen LogP contribution in [-0.2, 0) is 14.6 Å². The van der Waals surface area contributed by atoms with Crippen molar-refractivity contribution in [3.8, 4) is 0 Å². The van der Waals surface area contributed by atoms with Crippen molar-refractivity contribution >= 4 is 21.4 Å². The van der Waals surface area contributed by atoms with Gasteiger partial charge in [0.1, 0.15) is 0 Å². The highest BCUT2D eigenvalue weighted by Gasteiger charge is 2.32. The van der Waals surface area contributed by atoms with E-state index in [1.165, 1.54) is 12.8 Å². The highest BCUT2D eigenvalue weighted by molar-refractivity contribution is 7.92. The number of hydrogen-bond donors (Lipinski definition) is 1. The topological polar surface area (TPSA) is 82.6 Å². The van der Waals surface area contributed by atoms with Crippen molar-refractivity contribution in [2.75, 3.05) is 37.6 Å². The second-order valence-electron chi connectivity index (χ2n) is 9.76. The van der Waals surface area contributed by atoms with Gasteiger partial charge in [0.05, 0.1) is 23.2 Å². The molecule has 1 aromatic heterocycles. The number of pyridine rings is 1. The monoisotopic (exact) mass is 436 g/mol. The molecule has 168 valence electrons. The molecule has 1 aliphatic carbocycles. The minimum Gasteiger partial charge on any atom is -0.368 e. The van der Waals surface area contributed by atoms with Crippen LogP contribution in [0, 0.1) is 5.92 Å². The molecule has 1 N–H and O–H groups in total. The average Bonchev–Trinajstić information content (AvgIpc) is 2.69. The summed E-state index contributed by atoms with van der Waals surface area (Å²) in [6, 6.07) is 3.77. The molecule has 0 aromatic carbocycles. The Balaban J connectivity index is 1.48. The zero-order chi connectivity index (χ0) is 21.9. The van der Waals surface area contributed by atoms with Gasteiger partial charge in [-0.1, -0.05) is 6.92 Å². The third-order valence-electron chi connectivity index (χ3n) is 6.29. The molecular formula is C22H36N4O3S. The summed E-state index contributed by atoms with van der Waals surface area (Å²) < 4.78 is 24.2. The number of amides is 1. The first-order chi connectivity index (χ1) is 14.1. The first-order valence-electron chi connectivity index (χ1n) is 11.0. The summed E-state index contributed by atoms with van der Waals surface area (Å²) in [5.74, 6) is 0.907. The third kappa shape index (κ3) is 5.52. The molecule has 0 bridgehead atoms. The van der Waals surface area contributed by atoms with E-state index in [0.29, 0.717) is 12.6 Å². The Labute approximate surface area is 181 Å². The second kappa shape index (κ2) is 9.22. The van der Waals surface area contributed by atoms with Gasteiger partial charge in [-0.15, -0.1) is 0 Å². The van der Waals surface area contributed by atoms with E-state index in [1.807, 2.05) is 6.07 Å². The summed E-state index contributed by atoms with van der Waals surface area (Å²) in [5.41, 5.74) is 0.920. The van der Waals surface area contributed by atoms with Crippen LogP contribution in [0.1, 0.15) is 53.4 Å². The fraction of sp³-hybridized carbons (Fsp3) is 0.727. The molecule has 0 atom stereocenters. The van der Waals surface area contributed by atoms with Gasteiger partial charge in [0.25, 0.3) is 0 Å². The van der Waals surface area contributed by atoms with Gasteiger partial charge in [-0.2, -0.15) is 0 Å². The fourth-order valence-corrected chi connectivity index (χ4v) is 5.14. The second-order valence-corrected chi connectivity index (χ2v) is 12.4. The molecule has 3 rings (SSSR count). The number of sulfone groups is 1. The molecule has 1 aromatic rings. The van der Waals surface area contributed by atoms with Crippen LogP contribution in [0.3, 0.4) is 0 Å². The van der Waals surface area contributed by atoms with Crippen molar-refractivity contribution in [3.63, 3.8) is 0 Å². The van der Waals surface area contributed by atoms with Crippen LogP contribution < -0.4 is 10.2 Å². The van der Waals surface area contributed by atoms with Crippen LogP contribution in [0.15, 0.2) is 23.4 Å². The lowest BCUT2D eigenvalue weighted by atomic mass is 9.87. The molecular weight excluding hydrogens is 400 g/mol. The highest BCUT2D eigenvalue weighted by Crippen LogP contribution is 2.25. The van der Waals surface area contributed by atoms with Gasteiger partial charge >= 0.3 is 0 Å². The highest BCUT2D eigenvalue weighted by atomic mass is 32.2. The largest absolute Gasteiger partial charge is 0.368 e. The van der Waals surface area contributed by atoms with E-state index in [1.54, 1.807) is 33.0 Å². The van der Waals surface area contributed by atoms with E-state index in [9.17, 15) is 13.2 Å². The number of anilines is 1. The quantitative estimate of drug-likeness (QED) is 0.764. The van der Waals surface area contributed by atoms with Crippen LogP contribution in [0.4, 0.5) is 5.69 Å². The molecule has 2 fully saturated rings. The van der Waals surface area contributed by atoms with Crippen LogP contribution in [0.5, 0.6) is 0 Å². The number of carbonyl (C=O) groups is 1. The van der Waals surface area contributed by atoms with Crippen LogP contribution in [-0.4, -0.2) is 67.7 Å². The fourth-order valence-electron chi connectivity index (χ4n) is 4.08. The summed E-state index contributed by atoms with van der Waals surface area (Å²) in [6.07, 6.45) is 6.23. The summed E-state index contributed by atoms with van der Waals surface area (Å²) >= 11 is 0. The number of hydrogen-bond acceptors (Lipinski definition) is 6. The Hall–Kier alpha value is -1.67. The standard InChI is InChI=1S/C22H36N4O3S/c1-17-5-7-18(8-6-17)24-20(27)16-25-11-13-26(14-12-25)19-9-10-21(23-15-19)30(28,29)22(2,3)4/h9-10,15,17-18H,5-8,11-14,16H2,1-4H3,(H,24,27). The lowest BCUT2D eigenvalue weighted by molar-refractivity contribution is -0.123. The van der Waals surface area contributed by atoms with Crippen molar-refractivity contribution < 1.29 is 13.2 Å². The zero-order valence-corrected chi connectivity index (χ0v) is 19.5. The van der Waals surface area contributed by atoms with Crippen molar-refractivity contribution in [2.24, 2.45) is 5.92 Å². The maximum absolute atomic E-state index is 12.5. The van der Waals surface area contributed by atoms with Gasteiger partial charge in [0, 0.05) is 32.2 Å². The number of nitrogens with zero attached hydrogens (tertiary/aromatic N) is 3. The first kappa shape index (κ1) is 23.0. The molecule has 0 unspecified atom stereocenters. The molecule has 2 aliphatic rings. The number of piperazine rings is 1. The lowest BCUT2D eigenvalue weighted by Gasteiger charge is -2.36. The summed E-state index contributed by atoms with van der Waals surface area (Å²) in [5, 5.41) is 3.32. The Morgan fingerprint density at radius 3 is 2.27 bits per heavy atom. The first-order valence-corrected chi connectivity index (χ1v) is 12.5. The van der Waals surface area contributed by atoms with E-state index in [4.69, 9.17) is 0 Å². The van der Waals surface area contributed by atoms with Crippen LogP contribution >= 0.6 is 0 Å². The molecule has 30 heavy (non-hydrogen) atoms. The predicted octanol–water partition coefficient (Wildman–Crippen LogP) is 2.47. The van der Waals surface area contributed by atoms with Crippen LogP contribution in [0.2, 0.25) is 0 Å². The van der Waals surface area contributed by atoms with Crippen molar-refractivity contribution in [1.29, 1.82) is 0 Å². The van der Waals surface area contributed by atoms with E-state index in [2.05, 4.69) is 27.0 Å². The summed E-state index contributed by atoms with van der Waals surface area (Å²) in [6.45, 7) is 11.0. The molecule has 8 heteroatoms. The molecule has 2 heterocycles. The third-order valence-corrected chi connectivity index (χ3v) is 8.69. The van der Waals surface area contributed by atoms with Gasteiger partial charge in [0.2, 0.25) is 5.91 Å².